The van der Waals surface area contributed by atoms with E-state index in [9.17, 15) is 0 Å². The van der Waals surface area contributed by atoms with Crippen LogP contribution in [0.15, 0.2) is 18.2 Å². The molecule has 1 aliphatic carbocycles. The highest BCUT2D eigenvalue weighted by Crippen LogP contribution is 2.32. The molecule has 0 amide bonds. The van der Waals surface area contributed by atoms with Crippen molar-refractivity contribution in [3.05, 3.63) is 29.6 Å². The van der Waals surface area contributed by atoms with Crippen molar-refractivity contribution >= 4 is 0 Å². The van der Waals surface area contributed by atoms with E-state index in [1.807, 2.05) is 13.0 Å². The van der Waals surface area contributed by atoms with Crippen molar-refractivity contribution in [3.8, 4) is 0 Å². The third kappa shape index (κ3) is 2.87. The molecule has 4 nitrogen and oxygen atoms in total. The number of nitrogens with zero attached hydrogens (tertiary/aromatic N) is 2. The van der Waals surface area contributed by atoms with Gasteiger partial charge in [-0.25, -0.2) is 0 Å². The van der Waals surface area contributed by atoms with Gasteiger partial charge in [-0.3, -0.25) is 9.88 Å². The molecule has 110 valence electrons. The Hall–Kier alpha value is -0.970. The van der Waals surface area contributed by atoms with Gasteiger partial charge in [0.05, 0.1) is 24.5 Å². The highest BCUT2D eigenvalue weighted by atomic mass is 16.5. The zero-order valence-corrected chi connectivity index (χ0v) is 12.4. The van der Waals surface area contributed by atoms with Crippen LogP contribution in [0.25, 0.3) is 0 Å². The minimum atomic E-state index is 0.244. The Balaban J connectivity index is 1.68. The van der Waals surface area contributed by atoms with E-state index in [-0.39, 0.29) is 12.2 Å². The predicted molar refractivity (Wildman–Crippen MR) is 77.6 cm³/mol. The van der Waals surface area contributed by atoms with Crippen molar-refractivity contribution < 1.29 is 9.47 Å². The van der Waals surface area contributed by atoms with Crippen LogP contribution in [0.1, 0.15) is 31.2 Å². The predicted octanol–water partition coefficient (Wildman–Crippen LogP) is 2.16. The largest absolute Gasteiger partial charge is 0.376 e. The third-order valence-electron chi connectivity index (χ3n) is 4.34. The van der Waals surface area contributed by atoms with E-state index >= 15 is 0 Å². The summed E-state index contributed by atoms with van der Waals surface area (Å²) in [6.45, 7) is 7.60. The summed E-state index contributed by atoms with van der Waals surface area (Å²) in [5.41, 5.74) is 2.25. The lowest BCUT2D eigenvalue weighted by Crippen LogP contribution is -2.51. The molecule has 1 aromatic rings. The van der Waals surface area contributed by atoms with E-state index < -0.39 is 0 Å². The fraction of sp³-hybridized carbons (Fsp3) is 0.688. The average molecular weight is 276 g/mol. The zero-order valence-electron chi connectivity index (χ0n) is 12.4. The number of rotatable bonds is 4. The van der Waals surface area contributed by atoms with Crippen LogP contribution >= 0.6 is 0 Å². The van der Waals surface area contributed by atoms with Crippen LogP contribution in [0, 0.1) is 6.92 Å². The number of fused-ring (bicyclic) bond motifs is 1. The summed E-state index contributed by atoms with van der Waals surface area (Å²) >= 11 is 0. The first-order chi connectivity index (χ1) is 9.78. The summed E-state index contributed by atoms with van der Waals surface area (Å²) in [4.78, 5) is 7.15. The number of hydrogen-bond acceptors (Lipinski definition) is 4. The molecular formula is C16H24N2O2. The first kappa shape index (κ1) is 14.0. The summed E-state index contributed by atoms with van der Waals surface area (Å²) in [6.07, 6.45) is 2.80. The van der Waals surface area contributed by atoms with E-state index in [1.54, 1.807) is 0 Å². The highest BCUT2D eigenvalue weighted by molar-refractivity contribution is 5.10. The van der Waals surface area contributed by atoms with Crippen molar-refractivity contribution in [2.45, 2.75) is 51.5 Å². The van der Waals surface area contributed by atoms with E-state index in [4.69, 9.17) is 9.47 Å². The van der Waals surface area contributed by atoms with Crippen molar-refractivity contribution in [1.82, 2.24) is 9.88 Å². The van der Waals surface area contributed by atoms with Crippen molar-refractivity contribution in [3.63, 3.8) is 0 Å². The maximum Gasteiger partial charge on any atom is 0.0992 e. The second-order valence-corrected chi connectivity index (χ2v) is 5.71. The molecular weight excluding hydrogens is 252 g/mol. The molecule has 2 aliphatic rings. The fourth-order valence-electron chi connectivity index (χ4n) is 3.48. The Morgan fingerprint density at radius 3 is 3.10 bits per heavy atom. The molecule has 1 aliphatic heterocycles. The lowest BCUT2D eigenvalue weighted by molar-refractivity contribution is -0.113. The van der Waals surface area contributed by atoms with Gasteiger partial charge in [0.25, 0.3) is 0 Å². The van der Waals surface area contributed by atoms with Crippen molar-refractivity contribution in [2.75, 3.05) is 19.8 Å². The van der Waals surface area contributed by atoms with Crippen LogP contribution in [-0.2, 0) is 16.0 Å². The zero-order chi connectivity index (χ0) is 13.9. The molecule has 20 heavy (non-hydrogen) atoms. The van der Waals surface area contributed by atoms with E-state index in [0.717, 1.165) is 44.1 Å². The van der Waals surface area contributed by atoms with Crippen LogP contribution in [-0.4, -0.2) is 47.9 Å². The minimum Gasteiger partial charge on any atom is -0.376 e. The normalized spacial score (nSPS) is 30.4. The first-order valence-electron chi connectivity index (χ1n) is 7.67. The van der Waals surface area contributed by atoms with Crippen LogP contribution in [0.5, 0.6) is 0 Å². The van der Waals surface area contributed by atoms with Crippen molar-refractivity contribution in [1.29, 1.82) is 0 Å². The molecule has 0 unspecified atom stereocenters. The molecule has 0 N–H and O–H groups in total. The summed E-state index contributed by atoms with van der Waals surface area (Å²) in [7, 11) is 0. The molecule has 0 radical (unpaired) electrons. The molecule has 1 saturated carbocycles. The van der Waals surface area contributed by atoms with Gasteiger partial charge in [-0.15, -0.1) is 0 Å². The maximum absolute atomic E-state index is 5.97. The Labute approximate surface area is 121 Å². The highest BCUT2D eigenvalue weighted by Gasteiger charge is 2.43. The molecule has 2 heterocycles. The minimum absolute atomic E-state index is 0.244. The number of hydrogen-bond donors (Lipinski definition) is 0. The monoisotopic (exact) mass is 276 g/mol. The van der Waals surface area contributed by atoms with Gasteiger partial charge in [-0.1, -0.05) is 6.07 Å². The number of ether oxygens (including phenoxy) is 2. The number of aromatic nitrogens is 1. The Kier molecular flexibility index (Phi) is 4.34. The molecule has 0 bridgehead atoms. The van der Waals surface area contributed by atoms with E-state index in [0.29, 0.717) is 6.04 Å². The topological polar surface area (TPSA) is 34.6 Å². The molecule has 4 heteroatoms. The van der Waals surface area contributed by atoms with Gasteiger partial charge in [-0.05, 0) is 38.8 Å². The third-order valence-corrected chi connectivity index (χ3v) is 4.34. The van der Waals surface area contributed by atoms with E-state index in [1.165, 1.54) is 6.42 Å². The first-order valence-corrected chi connectivity index (χ1v) is 7.67. The smallest absolute Gasteiger partial charge is 0.0992 e. The number of morpholine rings is 1. The molecule has 2 fully saturated rings. The Bertz CT molecular complexity index is 452. The van der Waals surface area contributed by atoms with Crippen LogP contribution < -0.4 is 0 Å². The summed E-state index contributed by atoms with van der Waals surface area (Å²) in [6, 6.07) is 6.74. The lowest BCUT2D eigenvalue weighted by atomic mass is 10.1. The molecule has 1 aromatic heterocycles. The maximum atomic E-state index is 5.97. The van der Waals surface area contributed by atoms with Gasteiger partial charge < -0.3 is 9.47 Å². The van der Waals surface area contributed by atoms with Crippen LogP contribution in [0.3, 0.4) is 0 Å². The molecule has 3 rings (SSSR count). The molecule has 1 saturated heterocycles. The Morgan fingerprint density at radius 2 is 2.30 bits per heavy atom. The SMILES string of the molecule is CCO[C@H]1CC[C@@H]2[C@@H]1OCCN2Cc1cccc(C)n1. The van der Waals surface area contributed by atoms with Crippen LogP contribution in [0.4, 0.5) is 0 Å². The number of aryl methyl sites for hydroxylation is 1. The molecule has 0 aromatic carbocycles. The molecule has 3 atom stereocenters. The Morgan fingerprint density at radius 1 is 1.40 bits per heavy atom. The van der Waals surface area contributed by atoms with Gasteiger partial charge in [0, 0.05) is 31.4 Å². The van der Waals surface area contributed by atoms with Gasteiger partial charge in [0.1, 0.15) is 0 Å². The summed E-state index contributed by atoms with van der Waals surface area (Å²) in [5, 5.41) is 0. The fourth-order valence-corrected chi connectivity index (χ4v) is 3.48. The van der Waals surface area contributed by atoms with Gasteiger partial charge in [0.2, 0.25) is 0 Å². The number of pyridine rings is 1. The van der Waals surface area contributed by atoms with Gasteiger partial charge >= 0.3 is 0 Å². The standard InChI is InChI=1S/C16H24N2O2/c1-3-19-15-8-7-14-16(15)20-10-9-18(14)11-13-6-4-5-12(2)17-13/h4-6,14-16H,3,7-11H2,1-2H3/t14-,15+,16+/m1/s1. The van der Waals surface area contributed by atoms with Gasteiger partial charge in [-0.2, -0.15) is 0 Å². The average Bonchev–Trinajstić information content (AvgIpc) is 2.84. The van der Waals surface area contributed by atoms with Crippen molar-refractivity contribution in [2.24, 2.45) is 0 Å². The quantitative estimate of drug-likeness (QED) is 0.844. The summed E-state index contributed by atoms with van der Waals surface area (Å²) in [5.74, 6) is 0. The second kappa shape index (κ2) is 6.20. The van der Waals surface area contributed by atoms with E-state index in [2.05, 4.69) is 28.9 Å². The van der Waals surface area contributed by atoms with Gasteiger partial charge in [0.15, 0.2) is 0 Å². The van der Waals surface area contributed by atoms with Crippen LogP contribution in [0.2, 0.25) is 0 Å². The lowest BCUT2D eigenvalue weighted by Gasteiger charge is -2.38. The summed E-state index contributed by atoms with van der Waals surface area (Å²) < 4.78 is 11.8. The second-order valence-electron chi connectivity index (χ2n) is 5.71. The molecule has 0 spiro atoms.